The minimum atomic E-state index is -2.36. The molecule has 8 nitrogen and oxygen atoms in total. The number of hydrogen-bond donors (Lipinski definition) is 5. The van der Waals surface area contributed by atoms with Gasteiger partial charge in [-0.3, -0.25) is 14.6 Å². The molecule has 0 saturated carbocycles. The number of amides is 2. The Hall–Kier alpha value is -2.03. The van der Waals surface area contributed by atoms with Crippen LogP contribution in [0.25, 0.3) is 0 Å². The van der Waals surface area contributed by atoms with Gasteiger partial charge in [-0.2, -0.15) is 0 Å². The second-order valence-corrected chi connectivity index (χ2v) is 10.4. The summed E-state index contributed by atoms with van der Waals surface area (Å²) in [4.78, 5) is 28.3. The average molecular weight is 522 g/mol. The van der Waals surface area contributed by atoms with Gasteiger partial charge in [-0.25, -0.2) is 0 Å². The predicted molar refractivity (Wildman–Crippen MR) is 148 cm³/mol. The number of nitrogens with one attached hydrogen (secondary N) is 2. The van der Waals surface area contributed by atoms with Gasteiger partial charge < -0.3 is 26.0 Å². The third kappa shape index (κ3) is 14.5. The first-order chi connectivity index (χ1) is 17.8. The summed E-state index contributed by atoms with van der Waals surface area (Å²) in [7, 11) is 0. The van der Waals surface area contributed by atoms with Crippen LogP contribution in [-0.2, 0) is 9.59 Å². The lowest BCUT2D eigenvalue weighted by atomic mass is 9.91. The second-order valence-electron chi connectivity index (χ2n) is 10.4. The number of aliphatic hydroxyl groups excluding tert-OH is 2. The van der Waals surface area contributed by atoms with E-state index in [1.165, 1.54) is 95.9 Å². The summed E-state index contributed by atoms with van der Waals surface area (Å²) in [5.74, 6) is -1.76. The van der Waals surface area contributed by atoms with E-state index in [-0.39, 0.29) is 0 Å². The van der Waals surface area contributed by atoms with Crippen molar-refractivity contribution in [2.75, 3.05) is 11.9 Å². The summed E-state index contributed by atoms with van der Waals surface area (Å²) >= 11 is 0. The van der Waals surface area contributed by atoms with Crippen LogP contribution >= 0.6 is 0 Å². The van der Waals surface area contributed by atoms with Crippen molar-refractivity contribution in [1.82, 2.24) is 10.3 Å². The zero-order valence-electron chi connectivity index (χ0n) is 23.1. The van der Waals surface area contributed by atoms with Crippen LogP contribution in [-0.4, -0.2) is 56.5 Å². The largest absolute Gasteiger partial charge is 0.384 e. The summed E-state index contributed by atoms with van der Waals surface area (Å²) in [6.07, 6.45) is 19.1. The zero-order valence-corrected chi connectivity index (χ0v) is 23.1. The Morgan fingerprint density at radius 2 is 1.27 bits per heavy atom. The third-order valence-corrected chi connectivity index (χ3v) is 6.86. The van der Waals surface area contributed by atoms with Crippen molar-refractivity contribution < 1.29 is 24.9 Å². The van der Waals surface area contributed by atoms with E-state index < -0.39 is 29.6 Å². The molecule has 3 unspecified atom stereocenters. The van der Waals surface area contributed by atoms with E-state index in [9.17, 15) is 24.9 Å². The highest BCUT2D eigenvalue weighted by atomic mass is 16.4. The Kier molecular flexibility index (Phi) is 17.8. The fraction of sp³-hybridized carbons (Fsp3) is 0.759. The normalized spacial score (nSPS) is 14.5. The van der Waals surface area contributed by atoms with E-state index >= 15 is 0 Å². The molecule has 0 fully saturated rings. The van der Waals surface area contributed by atoms with Gasteiger partial charge >= 0.3 is 0 Å². The lowest BCUT2D eigenvalue weighted by molar-refractivity contribution is -0.166. The first kappa shape index (κ1) is 33.0. The van der Waals surface area contributed by atoms with E-state index in [0.717, 1.165) is 26.2 Å². The number of hydrogen-bond acceptors (Lipinski definition) is 6. The fourth-order valence-electron chi connectivity index (χ4n) is 4.31. The van der Waals surface area contributed by atoms with E-state index in [2.05, 4.69) is 22.5 Å². The third-order valence-electron chi connectivity index (χ3n) is 6.86. The number of pyridine rings is 1. The van der Waals surface area contributed by atoms with E-state index in [1.54, 1.807) is 12.1 Å². The molecule has 2 amide bonds. The minimum Gasteiger partial charge on any atom is -0.384 e. The van der Waals surface area contributed by atoms with Crippen molar-refractivity contribution in [3.05, 3.63) is 24.5 Å². The van der Waals surface area contributed by atoms with Crippen molar-refractivity contribution in [2.24, 2.45) is 0 Å². The van der Waals surface area contributed by atoms with Crippen molar-refractivity contribution in [3.63, 3.8) is 0 Å². The topological polar surface area (TPSA) is 132 Å². The maximum Gasteiger partial charge on any atom is 0.256 e. The summed E-state index contributed by atoms with van der Waals surface area (Å²) < 4.78 is 0. The molecular weight excluding hydrogens is 470 g/mol. The maximum absolute atomic E-state index is 12.3. The van der Waals surface area contributed by atoms with Gasteiger partial charge in [-0.05, 0) is 25.5 Å². The number of unbranched alkanes of at least 4 members (excludes halogenated alkanes) is 15. The highest BCUT2D eigenvalue weighted by molar-refractivity contribution is 5.95. The number of carbonyl (C=O) groups is 2. The molecule has 0 radical (unpaired) electrons. The Balaban J connectivity index is 2.06. The quantitative estimate of drug-likeness (QED) is 0.138. The molecule has 0 aliphatic rings. The first-order valence-electron chi connectivity index (χ1n) is 14.4. The van der Waals surface area contributed by atoms with Crippen LogP contribution in [0.1, 0.15) is 117 Å². The lowest BCUT2D eigenvalue weighted by Gasteiger charge is -2.31. The molecule has 1 aromatic rings. The molecule has 5 N–H and O–H groups in total. The summed E-state index contributed by atoms with van der Waals surface area (Å²) in [6.45, 7) is 3.67. The Morgan fingerprint density at radius 3 is 1.73 bits per heavy atom. The molecule has 1 heterocycles. The molecular formula is C29H51N3O5. The van der Waals surface area contributed by atoms with Crippen molar-refractivity contribution in [1.29, 1.82) is 0 Å². The van der Waals surface area contributed by atoms with Crippen LogP contribution in [0.5, 0.6) is 0 Å². The van der Waals surface area contributed by atoms with Crippen LogP contribution in [0, 0.1) is 0 Å². The molecule has 1 rings (SSSR count). The molecule has 37 heavy (non-hydrogen) atoms. The van der Waals surface area contributed by atoms with Gasteiger partial charge in [0.25, 0.3) is 11.8 Å². The summed E-state index contributed by atoms with van der Waals surface area (Å²) in [5.41, 5.74) is -2.03. The van der Waals surface area contributed by atoms with E-state index in [1.807, 2.05) is 0 Å². The molecule has 0 saturated heterocycles. The highest BCUT2D eigenvalue weighted by Crippen LogP contribution is 2.18. The number of anilines is 1. The Morgan fingerprint density at radius 1 is 0.811 bits per heavy atom. The van der Waals surface area contributed by atoms with E-state index in [0.29, 0.717) is 12.2 Å². The van der Waals surface area contributed by atoms with Crippen LogP contribution in [0.2, 0.25) is 0 Å². The molecule has 0 aliphatic carbocycles. The summed E-state index contributed by atoms with van der Waals surface area (Å²) in [5, 5.41) is 35.9. The molecule has 0 aliphatic heterocycles. The Bertz CT molecular complexity index is 730. The van der Waals surface area contributed by atoms with Gasteiger partial charge in [0.2, 0.25) is 0 Å². The number of carbonyl (C=O) groups excluding carboxylic acids is 2. The van der Waals surface area contributed by atoms with Crippen LogP contribution in [0.15, 0.2) is 24.5 Å². The minimum absolute atomic E-state index is 0.324. The van der Waals surface area contributed by atoms with Crippen molar-refractivity contribution >= 4 is 17.5 Å². The van der Waals surface area contributed by atoms with Gasteiger partial charge in [0.05, 0.1) is 11.9 Å². The molecule has 0 aromatic carbocycles. The fourth-order valence-corrected chi connectivity index (χ4v) is 4.31. The maximum atomic E-state index is 12.3. The predicted octanol–water partition coefficient (Wildman–Crippen LogP) is 4.87. The van der Waals surface area contributed by atoms with Crippen LogP contribution < -0.4 is 10.6 Å². The molecule has 3 atom stereocenters. The van der Waals surface area contributed by atoms with Gasteiger partial charge in [0, 0.05) is 12.7 Å². The standard InChI is InChI=1S/C29H51N3O5/c1-3-4-5-6-7-8-9-10-11-12-13-14-15-16-17-18-22-31-27(35)25(33)29(2,37)26(34)28(36)32-24-20-19-21-30-23-24/h19-21,23,25-26,33-34,37H,3-18,22H2,1-2H3,(H,31,35)(H,32,36). The molecule has 8 heteroatoms. The van der Waals surface area contributed by atoms with Gasteiger partial charge in [-0.1, -0.05) is 103 Å². The number of aliphatic hydroxyl groups is 3. The molecule has 0 spiro atoms. The van der Waals surface area contributed by atoms with Crippen molar-refractivity contribution in [2.45, 2.75) is 134 Å². The molecule has 212 valence electrons. The average Bonchev–Trinajstić information content (AvgIpc) is 2.89. The lowest BCUT2D eigenvalue weighted by Crippen LogP contribution is -2.59. The second kappa shape index (κ2) is 20.0. The number of rotatable bonds is 22. The Labute approximate surface area is 223 Å². The first-order valence-corrected chi connectivity index (χ1v) is 14.4. The van der Waals surface area contributed by atoms with E-state index in [4.69, 9.17) is 0 Å². The van der Waals surface area contributed by atoms with Gasteiger partial charge in [0.15, 0.2) is 12.2 Å². The van der Waals surface area contributed by atoms with Crippen molar-refractivity contribution in [3.8, 4) is 0 Å². The van der Waals surface area contributed by atoms with Crippen LogP contribution in [0.3, 0.4) is 0 Å². The molecule has 1 aromatic heterocycles. The van der Waals surface area contributed by atoms with Gasteiger partial charge in [0.1, 0.15) is 5.60 Å². The monoisotopic (exact) mass is 521 g/mol. The molecule has 0 bridgehead atoms. The smallest absolute Gasteiger partial charge is 0.256 e. The zero-order chi connectivity index (χ0) is 27.4. The summed E-state index contributed by atoms with van der Waals surface area (Å²) in [6, 6.07) is 3.16. The van der Waals surface area contributed by atoms with Crippen LogP contribution in [0.4, 0.5) is 5.69 Å². The van der Waals surface area contributed by atoms with Gasteiger partial charge in [-0.15, -0.1) is 0 Å². The number of aromatic nitrogens is 1. The number of nitrogens with zero attached hydrogens (tertiary/aromatic N) is 1. The highest BCUT2D eigenvalue weighted by Gasteiger charge is 2.45. The SMILES string of the molecule is CCCCCCCCCCCCCCCCCCNC(=O)C(O)C(C)(O)C(O)C(=O)Nc1cccnc1.